The fourth-order valence-corrected chi connectivity index (χ4v) is 2.51. The first-order valence-corrected chi connectivity index (χ1v) is 6.71. The van der Waals surface area contributed by atoms with Gasteiger partial charge >= 0.3 is 0 Å². The van der Waals surface area contributed by atoms with E-state index in [2.05, 4.69) is 15.5 Å². The van der Waals surface area contributed by atoms with Crippen LogP contribution < -0.4 is 5.32 Å². The minimum Gasteiger partial charge on any atom is -0.343 e. The zero-order valence-electron chi connectivity index (χ0n) is 11.1. The first kappa shape index (κ1) is 12.0. The molecule has 0 atom stereocenters. The van der Waals surface area contributed by atoms with Crippen molar-refractivity contribution in [3.05, 3.63) is 58.7 Å². The third-order valence-electron chi connectivity index (χ3n) is 3.71. The molecule has 0 unspecified atom stereocenters. The van der Waals surface area contributed by atoms with Crippen LogP contribution in [0.2, 0.25) is 0 Å². The molecule has 1 heterocycles. The molecule has 4 rings (SSSR count). The average Bonchev–Trinajstić information content (AvgIpc) is 3.00. The zero-order chi connectivity index (χ0) is 14.4. The first-order valence-electron chi connectivity index (χ1n) is 6.71. The van der Waals surface area contributed by atoms with Crippen molar-refractivity contribution in [3.63, 3.8) is 0 Å². The highest BCUT2D eigenvalue weighted by Crippen LogP contribution is 2.43. The van der Waals surface area contributed by atoms with Crippen molar-refractivity contribution >= 4 is 23.1 Å². The van der Waals surface area contributed by atoms with Crippen molar-refractivity contribution in [2.75, 3.05) is 6.54 Å². The summed E-state index contributed by atoms with van der Waals surface area (Å²) in [5.41, 5.74) is 4.93. The molecule has 1 aliphatic heterocycles. The van der Waals surface area contributed by atoms with Crippen molar-refractivity contribution in [1.82, 2.24) is 5.32 Å². The Hall–Kier alpha value is -2.82. The van der Waals surface area contributed by atoms with E-state index < -0.39 is 0 Å². The number of carbonyl (C=O) groups excluding carboxylic acids is 2. The number of hydrogen-bond donors (Lipinski definition) is 1. The Morgan fingerprint density at radius 2 is 1.95 bits per heavy atom. The Morgan fingerprint density at radius 1 is 1.14 bits per heavy atom. The van der Waals surface area contributed by atoms with Crippen LogP contribution in [0.4, 0.5) is 0 Å². The second kappa shape index (κ2) is 4.34. The van der Waals surface area contributed by atoms with Crippen LogP contribution in [0.5, 0.6) is 0 Å². The van der Waals surface area contributed by atoms with E-state index in [1.807, 2.05) is 12.1 Å². The highest BCUT2D eigenvalue weighted by atomic mass is 16.2. The van der Waals surface area contributed by atoms with Crippen LogP contribution in [0, 0.1) is 0 Å². The van der Waals surface area contributed by atoms with Gasteiger partial charge in [-0.25, -0.2) is 0 Å². The van der Waals surface area contributed by atoms with Gasteiger partial charge in [0, 0.05) is 17.6 Å². The van der Waals surface area contributed by atoms with E-state index in [0.717, 1.165) is 17.7 Å². The molecule has 0 fully saturated rings. The normalized spacial score (nSPS) is 17.6. The van der Waals surface area contributed by atoms with Crippen LogP contribution in [0.3, 0.4) is 0 Å². The molecule has 0 bridgehead atoms. The average molecular weight is 277 g/mol. The molecule has 0 saturated heterocycles. The molecule has 1 aromatic carbocycles. The number of hydrogen-bond acceptors (Lipinski definition) is 4. The van der Waals surface area contributed by atoms with Crippen molar-refractivity contribution in [2.45, 2.75) is 6.42 Å². The number of Topliss-reactive ketones (excluding diaryl/α,β-unsaturated/α-hetero) is 1. The lowest BCUT2D eigenvalue weighted by Crippen LogP contribution is -2.35. The Kier molecular flexibility index (Phi) is 2.47. The lowest BCUT2D eigenvalue weighted by molar-refractivity contribution is -0.114. The van der Waals surface area contributed by atoms with E-state index in [1.54, 1.807) is 24.3 Å². The van der Waals surface area contributed by atoms with Crippen LogP contribution in [-0.4, -0.2) is 29.7 Å². The third-order valence-corrected chi connectivity index (χ3v) is 3.71. The summed E-state index contributed by atoms with van der Waals surface area (Å²) in [6.07, 6.45) is 2.91. The summed E-state index contributed by atoms with van der Waals surface area (Å²) >= 11 is 0. The van der Waals surface area contributed by atoms with Gasteiger partial charge in [0.05, 0.1) is 12.3 Å². The molecule has 0 spiro atoms. The maximum atomic E-state index is 12.1. The predicted molar refractivity (Wildman–Crippen MR) is 78.4 cm³/mol. The van der Waals surface area contributed by atoms with Gasteiger partial charge in [-0.05, 0) is 17.2 Å². The summed E-state index contributed by atoms with van der Waals surface area (Å²) < 4.78 is 0. The van der Waals surface area contributed by atoms with E-state index in [4.69, 9.17) is 0 Å². The lowest BCUT2D eigenvalue weighted by Gasteiger charge is -2.06. The van der Waals surface area contributed by atoms with E-state index in [-0.39, 0.29) is 18.2 Å². The molecular formula is C16H11N3O2. The summed E-state index contributed by atoms with van der Waals surface area (Å²) in [7, 11) is 0. The second-order valence-electron chi connectivity index (χ2n) is 5.11. The van der Waals surface area contributed by atoms with Crippen molar-refractivity contribution in [3.8, 4) is 0 Å². The summed E-state index contributed by atoms with van der Waals surface area (Å²) in [4.78, 5) is 24.1. The highest BCUT2D eigenvalue weighted by Gasteiger charge is 2.39. The van der Waals surface area contributed by atoms with Gasteiger partial charge in [-0.1, -0.05) is 30.3 Å². The van der Waals surface area contributed by atoms with Crippen molar-refractivity contribution in [1.29, 1.82) is 0 Å². The van der Waals surface area contributed by atoms with Crippen LogP contribution in [-0.2, 0) is 4.79 Å². The third kappa shape index (κ3) is 1.94. The van der Waals surface area contributed by atoms with Crippen LogP contribution in [0.1, 0.15) is 16.8 Å². The Morgan fingerprint density at radius 3 is 2.76 bits per heavy atom. The Balaban J connectivity index is 1.40. The van der Waals surface area contributed by atoms with Crippen LogP contribution in [0.15, 0.2) is 63.3 Å². The first-order chi connectivity index (χ1) is 10.2. The number of ketones is 1. The number of rotatable bonds is 4. The molecule has 0 saturated carbocycles. The fourth-order valence-electron chi connectivity index (χ4n) is 2.51. The Labute approximate surface area is 120 Å². The Bertz CT molecular complexity index is 798. The summed E-state index contributed by atoms with van der Waals surface area (Å²) in [5, 5.41) is 10.6. The number of allylic oxidation sites excluding steroid dienone is 3. The van der Waals surface area contributed by atoms with Gasteiger partial charge in [-0.2, -0.15) is 0 Å². The maximum Gasteiger partial charge on any atom is 0.272 e. The molecule has 2 aliphatic carbocycles. The van der Waals surface area contributed by atoms with Crippen molar-refractivity contribution in [2.24, 2.45) is 10.2 Å². The smallest absolute Gasteiger partial charge is 0.272 e. The van der Waals surface area contributed by atoms with E-state index in [9.17, 15) is 9.59 Å². The van der Waals surface area contributed by atoms with Gasteiger partial charge < -0.3 is 5.32 Å². The molecule has 0 aromatic heterocycles. The molecule has 21 heavy (non-hydrogen) atoms. The molecular weight excluding hydrogens is 266 g/mol. The van der Waals surface area contributed by atoms with Gasteiger partial charge in [-0.3, -0.25) is 9.59 Å². The molecule has 0 radical (unpaired) electrons. The summed E-state index contributed by atoms with van der Waals surface area (Å²) in [6, 6.07) is 8.88. The lowest BCUT2D eigenvalue weighted by atomic mass is 10.0. The van der Waals surface area contributed by atoms with Gasteiger partial charge in [0.1, 0.15) is 0 Å². The summed E-state index contributed by atoms with van der Waals surface area (Å²) in [6.45, 7) is -0.0440. The topological polar surface area (TPSA) is 70.9 Å². The number of nitrogens with zero attached hydrogens (tertiary/aromatic N) is 2. The molecule has 3 aliphatic rings. The number of benzene rings is 1. The number of carbonyl (C=O) groups is 2. The molecule has 5 heteroatoms. The number of nitrogens with one attached hydrogen (secondary N) is 1. The largest absolute Gasteiger partial charge is 0.343 e. The fraction of sp³-hybridized carbons (Fsp3) is 0.125. The number of fused-ring (bicyclic) bond motifs is 2. The van der Waals surface area contributed by atoms with Gasteiger partial charge in [0.15, 0.2) is 11.5 Å². The van der Waals surface area contributed by atoms with Crippen LogP contribution >= 0.6 is 0 Å². The minimum atomic E-state index is -0.355. The summed E-state index contributed by atoms with van der Waals surface area (Å²) in [5.74, 6) is -0.484. The predicted octanol–water partition coefficient (Wildman–Crippen LogP) is 1.44. The van der Waals surface area contributed by atoms with Gasteiger partial charge in [0.25, 0.3) is 5.91 Å². The maximum absolute atomic E-state index is 12.1. The zero-order valence-corrected chi connectivity index (χ0v) is 11.1. The highest BCUT2D eigenvalue weighted by molar-refractivity contribution is 6.56. The molecule has 1 amide bonds. The molecule has 5 nitrogen and oxygen atoms in total. The van der Waals surface area contributed by atoms with E-state index in [0.29, 0.717) is 11.3 Å². The van der Waals surface area contributed by atoms with Gasteiger partial charge in [0.2, 0.25) is 0 Å². The van der Waals surface area contributed by atoms with Gasteiger partial charge in [-0.15, -0.1) is 10.2 Å². The molecule has 1 N–H and O–H groups in total. The molecule has 102 valence electrons. The SMILES string of the molecule is O=C(NCC(=O)c1ccccc1)C1=NN=C2C1=CC1=C2C1. The van der Waals surface area contributed by atoms with Crippen LogP contribution in [0.25, 0.3) is 0 Å². The van der Waals surface area contributed by atoms with E-state index >= 15 is 0 Å². The monoisotopic (exact) mass is 277 g/mol. The second-order valence-corrected chi connectivity index (χ2v) is 5.11. The van der Waals surface area contributed by atoms with Crippen molar-refractivity contribution < 1.29 is 9.59 Å². The quantitative estimate of drug-likeness (QED) is 0.846. The number of amides is 1. The standard InChI is InChI=1S/C16H11N3O2/c20-13(9-4-2-1-3-5-9)8-17-16(21)15-12-7-10-6-11(10)14(12)18-19-15/h1-5,7H,6,8H2,(H,17,21). The van der Waals surface area contributed by atoms with E-state index in [1.165, 1.54) is 11.1 Å². The molecule has 1 aromatic rings. The minimum absolute atomic E-state index is 0.0440.